The number of anilines is 1. The molecule has 0 unspecified atom stereocenters. The van der Waals surface area contributed by atoms with E-state index >= 15 is 0 Å². The van der Waals surface area contributed by atoms with Gasteiger partial charge in [-0.3, -0.25) is 14.9 Å². The van der Waals surface area contributed by atoms with E-state index in [1.807, 2.05) is 36.5 Å². The van der Waals surface area contributed by atoms with Gasteiger partial charge in [0.25, 0.3) is 5.91 Å². The third-order valence-electron chi connectivity index (χ3n) is 3.80. The summed E-state index contributed by atoms with van der Waals surface area (Å²) in [6, 6.07) is 13.3. The monoisotopic (exact) mass is 441 g/mol. The summed E-state index contributed by atoms with van der Waals surface area (Å²) in [5, 5.41) is 7.19. The van der Waals surface area contributed by atoms with Crippen LogP contribution in [0.1, 0.15) is 15.9 Å². The number of hydrogen-bond donors (Lipinski definition) is 3. The van der Waals surface area contributed by atoms with Crippen LogP contribution in [-0.2, 0) is 14.3 Å². The highest BCUT2D eigenvalue weighted by Gasteiger charge is 2.16. The molecule has 9 heteroatoms. The van der Waals surface area contributed by atoms with Gasteiger partial charge in [0.1, 0.15) is 0 Å². The zero-order valence-electron chi connectivity index (χ0n) is 17.0. The number of nitrogens with one attached hydrogen (secondary N) is 3. The maximum absolute atomic E-state index is 12.4. The highest BCUT2D eigenvalue weighted by Crippen LogP contribution is 2.23. The highest BCUT2D eigenvalue weighted by molar-refractivity contribution is 8.00. The predicted octanol–water partition coefficient (Wildman–Crippen LogP) is 2.89. The van der Waals surface area contributed by atoms with Crippen molar-refractivity contribution in [3.63, 3.8) is 0 Å². The van der Waals surface area contributed by atoms with E-state index in [9.17, 15) is 19.2 Å². The predicted molar refractivity (Wildman–Crippen MR) is 119 cm³/mol. The van der Waals surface area contributed by atoms with E-state index in [0.717, 1.165) is 5.56 Å². The highest BCUT2D eigenvalue weighted by atomic mass is 32.2. The Labute approximate surface area is 184 Å². The average Bonchev–Trinajstić information content (AvgIpc) is 2.76. The van der Waals surface area contributed by atoms with Gasteiger partial charge in [-0.2, -0.15) is 0 Å². The quantitative estimate of drug-likeness (QED) is 0.313. The summed E-state index contributed by atoms with van der Waals surface area (Å²) in [4.78, 5) is 48.2. The number of carbonyl (C=O) groups is 4. The van der Waals surface area contributed by atoms with Crippen LogP contribution in [0.5, 0.6) is 0 Å². The number of imide groups is 1. The standard InChI is InChI=1S/C22H23N3O5S/c1-3-12-23-22(29)25-19(26)13-30-21(28)17-6-4-5-7-18(17)31-14-20(27)24-16-10-8-15(2)9-11-16/h3-11H,1,12-14H2,2H3,(H,24,27)(H2,23,25,26,29). The number of urea groups is 1. The number of rotatable bonds is 9. The van der Waals surface area contributed by atoms with Crippen LogP contribution < -0.4 is 16.0 Å². The topological polar surface area (TPSA) is 114 Å². The fourth-order valence-electron chi connectivity index (χ4n) is 2.32. The molecule has 0 bridgehead atoms. The Bertz CT molecular complexity index is 960. The molecule has 2 aromatic rings. The minimum Gasteiger partial charge on any atom is -0.452 e. The summed E-state index contributed by atoms with van der Waals surface area (Å²) in [5.41, 5.74) is 2.00. The lowest BCUT2D eigenvalue weighted by atomic mass is 10.2. The van der Waals surface area contributed by atoms with Crippen LogP contribution in [0.25, 0.3) is 0 Å². The van der Waals surface area contributed by atoms with Crippen molar-refractivity contribution in [2.24, 2.45) is 0 Å². The number of esters is 1. The van der Waals surface area contributed by atoms with Gasteiger partial charge in [-0.15, -0.1) is 18.3 Å². The van der Waals surface area contributed by atoms with E-state index in [2.05, 4.69) is 17.2 Å². The lowest BCUT2D eigenvalue weighted by molar-refractivity contribution is -0.123. The van der Waals surface area contributed by atoms with Gasteiger partial charge in [0.2, 0.25) is 5.91 Å². The van der Waals surface area contributed by atoms with Crippen LogP contribution in [0.15, 0.2) is 66.1 Å². The molecule has 0 aliphatic rings. The van der Waals surface area contributed by atoms with Crippen molar-refractivity contribution in [2.75, 3.05) is 24.2 Å². The van der Waals surface area contributed by atoms with Crippen molar-refractivity contribution >= 4 is 41.3 Å². The Morgan fingerprint density at radius 1 is 1.03 bits per heavy atom. The first-order valence-corrected chi connectivity index (χ1v) is 10.3. The Morgan fingerprint density at radius 2 is 1.74 bits per heavy atom. The zero-order valence-corrected chi connectivity index (χ0v) is 17.8. The van der Waals surface area contributed by atoms with Crippen molar-refractivity contribution in [1.82, 2.24) is 10.6 Å². The van der Waals surface area contributed by atoms with E-state index in [1.54, 1.807) is 18.2 Å². The fraction of sp³-hybridized carbons (Fsp3) is 0.182. The van der Waals surface area contributed by atoms with Crippen LogP contribution >= 0.6 is 11.8 Å². The minimum atomic E-state index is -0.766. The maximum atomic E-state index is 12.4. The molecule has 2 aromatic carbocycles. The summed E-state index contributed by atoms with van der Waals surface area (Å²) in [6.07, 6.45) is 1.46. The molecule has 0 radical (unpaired) electrons. The summed E-state index contributed by atoms with van der Waals surface area (Å²) in [6.45, 7) is 4.97. The van der Waals surface area contributed by atoms with E-state index < -0.39 is 24.5 Å². The van der Waals surface area contributed by atoms with Gasteiger partial charge in [-0.05, 0) is 31.2 Å². The number of ether oxygens (including phenoxy) is 1. The Kier molecular flexibility index (Phi) is 9.31. The van der Waals surface area contributed by atoms with Crippen molar-refractivity contribution < 1.29 is 23.9 Å². The van der Waals surface area contributed by atoms with Gasteiger partial charge in [0, 0.05) is 17.1 Å². The number of carbonyl (C=O) groups excluding carboxylic acids is 4. The normalized spacial score (nSPS) is 9.97. The SMILES string of the molecule is C=CCNC(=O)NC(=O)COC(=O)c1ccccc1SCC(=O)Nc1ccc(C)cc1. The maximum Gasteiger partial charge on any atom is 0.339 e. The summed E-state index contributed by atoms with van der Waals surface area (Å²) < 4.78 is 4.98. The Morgan fingerprint density at radius 3 is 2.45 bits per heavy atom. The molecule has 0 heterocycles. The smallest absolute Gasteiger partial charge is 0.339 e. The zero-order chi connectivity index (χ0) is 22.6. The van der Waals surface area contributed by atoms with Crippen LogP contribution in [0.3, 0.4) is 0 Å². The molecule has 4 amide bonds. The molecule has 0 atom stereocenters. The first-order valence-electron chi connectivity index (χ1n) is 9.33. The Balaban J connectivity index is 1.87. The minimum absolute atomic E-state index is 0.0854. The molecule has 8 nitrogen and oxygen atoms in total. The molecule has 0 spiro atoms. The van der Waals surface area contributed by atoms with Gasteiger partial charge in [-0.25, -0.2) is 9.59 Å². The molecule has 0 aromatic heterocycles. The molecule has 31 heavy (non-hydrogen) atoms. The summed E-state index contributed by atoms with van der Waals surface area (Å²) >= 11 is 1.17. The second-order valence-electron chi connectivity index (χ2n) is 6.32. The first-order chi connectivity index (χ1) is 14.9. The second kappa shape index (κ2) is 12.2. The molecule has 2 rings (SSSR count). The fourth-order valence-corrected chi connectivity index (χ4v) is 3.16. The number of amides is 4. The van der Waals surface area contributed by atoms with Gasteiger partial charge < -0.3 is 15.4 Å². The molecule has 0 saturated heterocycles. The molecular formula is C22H23N3O5S. The van der Waals surface area contributed by atoms with Crippen molar-refractivity contribution in [3.05, 3.63) is 72.3 Å². The molecule has 0 saturated carbocycles. The molecule has 0 aliphatic heterocycles. The molecule has 0 fully saturated rings. The number of hydrogen-bond acceptors (Lipinski definition) is 6. The van der Waals surface area contributed by atoms with Crippen molar-refractivity contribution in [3.8, 4) is 0 Å². The van der Waals surface area contributed by atoms with E-state index in [0.29, 0.717) is 10.6 Å². The van der Waals surface area contributed by atoms with Gasteiger partial charge in [-0.1, -0.05) is 35.9 Å². The second-order valence-corrected chi connectivity index (χ2v) is 7.34. The summed E-state index contributed by atoms with van der Waals surface area (Å²) in [5.74, 6) is -1.63. The first kappa shape index (κ1) is 23.7. The van der Waals surface area contributed by atoms with E-state index in [4.69, 9.17) is 4.74 Å². The van der Waals surface area contributed by atoms with Gasteiger partial charge in [0.15, 0.2) is 6.61 Å². The van der Waals surface area contributed by atoms with Crippen molar-refractivity contribution in [2.45, 2.75) is 11.8 Å². The van der Waals surface area contributed by atoms with Crippen LogP contribution in [0.4, 0.5) is 10.5 Å². The van der Waals surface area contributed by atoms with Gasteiger partial charge >= 0.3 is 12.0 Å². The molecule has 0 aliphatic carbocycles. The number of thioether (sulfide) groups is 1. The summed E-state index contributed by atoms with van der Waals surface area (Å²) in [7, 11) is 0. The molecular weight excluding hydrogens is 418 g/mol. The van der Waals surface area contributed by atoms with Crippen LogP contribution in [-0.4, -0.2) is 42.7 Å². The average molecular weight is 442 g/mol. The molecule has 3 N–H and O–H groups in total. The largest absolute Gasteiger partial charge is 0.452 e. The number of benzene rings is 2. The lowest BCUT2D eigenvalue weighted by Crippen LogP contribution is -2.41. The number of aryl methyl sites for hydroxylation is 1. The van der Waals surface area contributed by atoms with Gasteiger partial charge in [0.05, 0.1) is 11.3 Å². The Hall–Kier alpha value is -3.59. The molecule has 162 valence electrons. The third-order valence-corrected chi connectivity index (χ3v) is 4.87. The third kappa shape index (κ3) is 8.35. The van der Waals surface area contributed by atoms with Crippen molar-refractivity contribution in [1.29, 1.82) is 0 Å². The van der Waals surface area contributed by atoms with Crippen LogP contribution in [0, 0.1) is 6.92 Å². The van der Waals surface area contributed by atoms with E-state index in [1.165, 1.54) is 23.9 Å². The van der Waals surface area contributed by atoms with E-state index in [-0.39, 0.29) is 23.8 Å². The lowest BCUT2D eigenvalue weighted by Gasteiger charge is -2.10. The van der Waals surface area contributed by atoms with Crippen LogP contribution in [0.2, 0.25) is 0 Å².